The second kappa shape index (κ2) is 8.81. The first kappa shape index (κ1) is 18.4. The molecule has 0 spiro atoms. The smallest absolute Gasteiger partial charge is 0.326 e. The van der Waals surface area contributed by atoms with Crippen molar-refractivity contribution in [3.05, 3.63) is 48.0 Å². The number of carboxylic acid groups (broad SMARTS) is 1. The number of nitrogens with one attached hydrogen (secondary N) is 1. The average molecular weight is 355 g/mol. The fourth-order valence-electron chi connectivity index (χ4n) is 3.50. The van der Waals surface area contributed by atoms with Crippen molar-refractivity contribution in [3.63, 3.8) is 0 Å². The molecule has 2 aromatic rings. The zero-order chi connectivity index (χ0) is 18.4. The molecule has 2 N–H and O–H groups in total. The third-order valence-corrected chi connectivity index (χ3v) is 4.93. The van der Waals surface area contributed by atoms with Crippen LogP contribution in [0.2, 0.25) is 0 Å². The first-order valence-electron chi connectivity index (χ1n) is 9.21. The summed E-state index contributed by atoms with van der Waals surface area (Å²) in [6, 6.07) is 13.6. The lowest BCUT2D eigenvalue weighted by Gasteiger charge is -2.28. The maximum absolute atomic E-state index is 12.2. The molecule has 138 valence electrons. The van der Waals surface area contributed by atoms with Crippen LogP contribution in [0.5, 0.6) is 0 Å². The van der Waals surface area contributed by atoms with Crippen LogP contribution in [0, 0.1) is 5.92 Å². The molecular formula is C21H25NO4. The zero-order valence-corrected chi connectivity index (χ0v) is 14.8. The van der Waals surface area contributed by atoms with E-state index in [4.69, 9.17) is 4.74 Å². The van der Waals surface area contributed by atoms with Crippen LogP contribution in [0.15, 0.2) is 42.5 Å². The normalized spacial score (nSPS) is 18.4. The molecule has 0 aromatic heterocycles. The minimum Gasteiger partial charge on any atom is -0.480 e. The highest BCUT2D eigenvalue weighted by molar-refractivity contribution is 5.84. The van der Waals surface area contributed by atoms with Gasteiger partial charge in [0.1, 0.15) is 6.04 Å². The Hall–Kier alpha value is -2.40. The maximum Gasteiger partial charge on any atom is 0.326 e. The molecular weight excluding hydrogens is 330 g/mol. The predicted molar refractivity (Wildman–Crippen MR) is 100.0 cm³/mol. The van der Waals surface area contributed by atoms with Gasteiger partial charge in [-0.25, -0.2) is 4.79 Å². The molecule has 3 rings (SSSR count). The highest BCUT2D eigenvalue weighted by atomic mass is 16.5. The van der Waals surface area contributed by atoms with Gasteiger partial charge in [0.25, 0.3) is 0 Å². The summed E-state index contributed by atoms with van der Waals surface area (Å²) >= 11 is 0. The molecule has 1 amide bonds. The van der Waals surface area contributed by atoms with E-state index in [1.54, 1.807) is 0 Å². The molecule has 2 atom stereocenters. The second-order valence-electron chi connectivity index (χ2n) is 6.90. The Morgan fingerprint density at radius 2 is 2.00 bits per heavy atom. The number of carbonyl (C=O) groups is 2. The summed E-state index contributed by atoms with van der Waals surface area (Å²) in [7, 11) is 0. The number of rotatable bonds is 7. The number of hydrogen-bond acceptors (Lipinski definition) is 3. The van der Waals surface area contributed by atoms with Gasteiger partial charge in [0.15, 0.2) is 0 Å². The summed E-state index contributed by atoms with van der Waals surface area (Å²) < 4.78 is 5.35. The Bertz CT molecular complexity index is 767. The van der Waals surface area contributed by atoms with Gasteiger partial charge in [0.2, 0.25) is 5.91 Å². The SMILES string of the molecule is O=C(CCCc1ccc2ccccc2c1)NC(C(=O)O)C1CCCOC1. The molecule has 1 aliphatic heterocycles. The number of fused-ring (bicyclic) bond motifs is 1. The van der Waals surface area contributed by atoms with E-state index in [1.165, 1.54) is 16.3 Å². The largest absolute Gasteiger partial charge is 0.480 e. The standard InChI is InChI=1S/C21H25NO4/c23-19(22-20(21(24)25)18-8-4-12-26-14-18)9-3-5-15-10-11-16-6-1-2-7-17(16)13-15/h1-2,6-7,10-11,13,18,20H,3-5,8-9,12,14H2,(H,22,23)(H,24,25). The summed E-state index contributed by atoms with van der Waals surface area (Å²) in [5.74, 6) is -1.34. The number of ether oxygens (including phenoxy) is 1. The Balaban J connectivity index is 1.49. The molecule has 1 saturated heterocycles. The fraction of sp³-hybridized carbons (Fsp3) is 0.429. The van der Waals surface area contributed by atoms with E-state index in [2.05, 4.69) is 35.6 Å². The van der Waals surface area contributed by atoms with Crippen molar-refractivity contribution in [1.82, 2.24) is 5.32 Å². The van der Waals surface area contributed by atoms with E-state index in [9.17, 15) is 14.7 Å². The molecule has 5 nitrogen and oxygen atoms in total. The number of amides is 1. The van der Waals surface area contributed by atoms with Crippen molar-refractivity contribution in [2.75, 3.05) is 13.2 Å². The third-order valence-electron chi connectivity index (χ3n) is 4.93. The van der Waals surface area contributed by atoms with Gasteiger partial charge >= 0.3 is 5.97 Å². The lowest BCUT2D eigenvalue weighted by atomic mass is 9.93. The summed E-state index contributed by atoms with van der Waals surface area (Å²) in [6.45, 7) is 1.07. The van der Waals surface area contributed by atoms with Crippen molar-refractivity contribution >= 4 is 22.6 Å². The van der Waals surface area contributed by atoms with Gasteiger partial charge in [-0.05, 0) is 42.0 Å². The minimum atomic E-state index is -0.983. The lowest BCUT2D eigenvalue weighted by molar-refractivity contribution is -0.145. The van der Waals surface area contributed by atoms with Crippen molar-refractivity contribution in [2.45, 2.75) is 38.1 Å². The van der Waals surface area contributed by atoms with Crippen LogP contribution < -0.4 is 5.32 Å². The molecule has 26 heavy (non-hydrogen) atoms. The number of aliphatic carboxylic acids is 1. The molecule has 1 aliphatic rings. The number of hydrogen-bond donors (Lipinski definition) is 2. The first-order valence-corrected chi connectivity index (χ1v) is 9.21. The van der Waals surface area contributed by atoms with Gasteiger partial charge in [0.05, 0.1) is 6.61 Å². The number of carbonyl (C=O) groups excluding carboxylic acids is 1. The zero-order valence-electron chi connectivity index (χ0n) is 14.8. The summed E-state index contributed by atoms with van der Waals surface area (Å²) in [6.07, 6.45) is 3.42. The third kappa shape index (κ3) is 4.82. The number of aryl methyl sites for hydroxylation is 1. The molecule has 2 aromatic carbocycles. The Morgan fingerprint density at radius 3 is 2.73 bits per heavy atom. The lowest BCUT2D eigenvalue weighted by Crippen LogP contribution is -2.48. The van der Waals surface area contributed by atoms with Crippen molar-refractivity contribution < 1.29 is 19.4 Å². The summed E-state index contributed by atoms with van der Waals surface area (Å²) in [5.41, 5.74) is 1.19. The molecule has 0 aliphatic carbocycles. The number of benzene rings is 2. The van der Waals surface area contributed by atoms with Gasteiger partial charge < -0.3 is 15.2 Å². The van der Waals surface area contributed by atoms with E-state index >= 15 is 0 Å². The quantitative estimate of drug-likeness (QED) is 0.800. The monoisotopic (exact) mass is 355 g/mol. The highest BCUT2D eigenvalue weighted by Crippen LogP contribution is 2.19. The van der Waals surface area contributed by atoms with Gasteiger partial charge in [-0.1, -0.05) is 42.5 Å². The van der Waals surface area contributed by atoms with Gasteiger partial charge in [-0.3, -0.25) is 4.79 Å². The predicted octanol–water partition coefficient (Wildman–Crippen LogP) is 3.16. The Kier molecular flexibility index (Phi) is 6.23. The van der Waals surface area contributed by atoms with Gasteiger partial charge in [-0.15, -0.1) is 0 Å². The van der Waals surface area contributed by atoms with E-state index in [-0.39, 0.29) is 11.8 Å². The average Bonchev–Trinajstić information content (AvgIpc) is 2.66. The second-order valence-corrected chi connectivity index (χ2v) is 6.90. The Morgan fingerprint density at radius 1 is 1.19 bits per heavy atom. The topological polar surface area (TPSA) is 75.6 Å². The molecule has 1 fully saturated rings. The van der Waals surface area contributed by atoms with Gasteiger partial charge in [-0.2, -0.15) is 0 Å². The van der Waals surface area contributed by atoms with Crippen LogP contribution in [0.4, 0.5) is 0 Å². The van der Waals surface area contributed by atoms with E-state index in [1.807, 2.05) is 12.1 Å². The van der Waals surface area contributed by atoms with Crippen LogP contribution in [-0.2, 0) is 20.7 Å². The first-order chi connectivity index (χ1) is 12.6. The maximum atomic E-state index is 12.2. The summed E-state index contributed by atoms with van der Waals surface area (Å²) in [4.78, 5) is 23.7. The molecule has 0 saturated carbocycles. The minimum absolute atomic E-state index is 0.148. The van der Waals surface area contributed by atoms with Crippen molar-refractivity contribution in [3.8, 4) is 0 Å². The van der Waals surface area contributed by atoms with Crippen LogP contribution in [0.25, 0.3) is 10.8 Å². The van der Waals surface area contributed by atoms with Crippen LogP contribution in [0.3, 0.4) is 0 Å². The van der Waals surface area contributed by atoms with Crippen molar-refractivity contribution in [2.24, 2.45) is 5.92 Å². The number of carboxylic acids is 1. The van der Waals surface area contributed by atoms with Crippen molar-refractivity contribution in [1.29, 1.82) is 0 Å². The molecule has 2 unspecified atom stereocenters. The van der Waals surface area contributed by atoms with E-state index < -0.39 is 12.0 Å². The van der Waals surface area contributed by atoms with Crippen LogP contribution in [-0.4, -0.2) is 36.2 Å². The highest BCUT2D eigenvalue weighted by Gasteiger charge is 2.31. The van der Waals surface area contributed by atoms with E-state index in [0.29, 0.717) is 26.1 Å². The van der Waals surface area contributed by atoms with E-state index in [0.717, 1.165) is 19.3 Å². The molecule has 1 heterocycles. The van der Waals surface area contributed by atoms with Gasteiger partial charge in [0, 0.05) is 18.9 Å². The van der Waals surface area contributed by atoms with Crippen LogP contribution >= 0.6 is 0 Å². The van der Waals surface area contributed by atoms with Crippen LogP contribution in [0.1, 0.15) is 31.2 Å². The summed E-state index contributed by atoms with van der Waals surface area (Å²) in [5, 5.41) is 14.5. The molecule has 0 bridgehead atoms. The fourth-order valence-corrected chi connectivity index (χ4v) is 3.50. The Labute approximate surface area is 153 Å². The molecule has 0 radical (unpaired) electrons. The molecule has 5 heteroatoms.